The number of methoxy groups -OCH3 is 8. The van der Waals surface area contributed by atoms with E-state index in [1.54, 1.807) is 69.8 Å². The number of carbonyl (C=O) groups excluding carboxylic acids is 4. The number of rotatable bonds is 46. The predicted octanol–water partition coefficient (Wildman–Crippen LogP) is 16.6. The van der Waals surface area contributed by atoms with E-state index in [0.29, 0.717) is 176 Å². The average molecular weight is 1950 g/mol. The van der Waals surface area contributed by atoms with Crippen molar-refractivity contribution >= 4 is 42.3 Å². The lowest BCUT2D eigenvalue weighted by atomic mass is 9.98. The molecule has 4 fully saturated rings. The van der Waals surface area contributed by atoms with Crippen LogP contribution >= 0.6 is 0 Å². The molecule has 3 amide bonds. The number of aldehydes is 1. The van der Waals surface area contributed by atoms with Gasteiger partial charge in [-0.25, -0.2) is 25.2 Å². The topological polar surface area (TPSA) is 440 Å². The summed E-state index contributed by atoms with van der Waals surface area (Å²) in [6.45, 7) is 4.34. The van der Waals surface area contributed by atoms with Crippen LogP contribution in [0, 0.1) is 0 Å². The molecule has 0 aromatic heterocycles. The third-order valence-electron chi connectivity index (χ3n) is 23.2. The molecule has 4 heterocycles. The highest BCUT2D eigenvalue weighted by atomic mass is 16.8. The Balaban J connectivity index is 0.000000195. The van der Waals surface area contributed by atoms with Gasteiger partial charge in [-0.15, -0.1) is 0 Å². The quantitative estimate of drug-likeness (QED) is 0.0117. The van der Waals surface area contributed by atoms with Crippen LogP contribution in [-0.4, -0.2) is 223 Å². The van der Waals surface area contributed by atoms with Gasteiger partial charge >= 0.3 is 30.1 Å². The lowest BCUT2D eigenvalue weighted by molar-refractivity contribution is -0.276. The van der Waals surface area contributed by atoms with Gasteiger partial charge in [-0.2, -0.15) is 15.6 Å². The van der Waals surface area contributed by atoms with Crippen LogP contribution in [0.2, 0.25) is 0 Å². The van der Waals surface area contributed by atoms with Crippen LogP contribution in [0.1, 0.15) is 190 Å². The number of nitrogens with two attached hydrogens (primary N) is 1. The van der Waals surface area contributed by atoms with Crippen molar-refractivity contribution in [2.45, 2.75) is 185 Å². The van der Waals surface area contributed by atoms with Crippen molar-refractivity contribution in [1.82, 2.24) is 20.9 Å². The zero-order valence-electron chi connectivity index (χ0n) is 80.9. The van der Waals surface area contributed by atoms with E-state index in [-0.39, 0.29) is 89.1 Å². The van der Waals surface area contributed by atoms with Gasteiger partial charge in [0.05, 0.1) is 125 Å². The number of carboxylic acid groups (broad SMARTS) is 3. The van der Waals surface area contributed by atoms with E-state index in [0.717, 1.165) is 120 Å². The first-order valence-electron chi connectivity index (χ1n) is 46.8. The molecular formula is C103H131N5O32. The number of hydrogen-bond acceptors (Lipinski definition) is 31. The summed E-state index contributed by atoms with van der Waals surface area (Å²) in [5.41, 5.74) is 14.2. The third kappa shape index (κ3) is 33.1. The highest BCUT2D eigenvalue weighted by Gasteiger charge is 2.36. The van der Waals surface area contributed by atoms with Crippen LogP contribution in [0.15, 0.2) is 146 Å². The van der Waals surface area contributed by atoms with E-state index >= 15 is 0 Å². The van der Waals surface area contributed by atoms with E-state index in [4.69, 9.17) is 121 Å². The number of aliphatic carboxylic acids is 3. The number of hydroxylamine groups is 5. The fraction of sp³-hybridized carbons (Fsp3) is 0.466. The first kappa shape index (κ1) is 109. The number of fused-ring (bicyclic) bond motifs is 6. The molecule has 0 spiro atoms. The lowest BCUT2D eigenvalue weighted by Gasteiger charge is -2.30. The lowest BCUT2D eigenvalue weighted by Crippen LogP contribution is -2.38. The van der Waals surface area contributed by atoms with E-state index in [2.05, 4.69) is 64.2 Å². The van der Waals surface area contributed by atoms with Crippen molar-refractivity contribution in [1.29, 1.82) is 0 Å². The molecule has 37 nitrogen and oxygen atoms in total. The average Bonchev–Trinajstić information content (AvgIpc) is 1.61. The summed E-state index contributed by atoms with van der Waals surface area (Å²) >= 11 is 0. The number of benzene rings is 8. The minimum atomic E-state index is -0.885. The van der Waals surface area contributed by atoms with Gasteiger partial charge in [0.25, 0.3) is 0 Å². The fourth-order valence-corrected chi connectivity index (χ4v) is 16.1. The highest BCUT2D eigenvalue weighted by molar-refractivity contribution is 5.85. The minimum Gasteiger partial charge on any atom is -0.496 e. The first-order chi connectivity index (χ1) is 68.2. The van der Waals surface area contributed by atoms with E-state index in [1.165, 1.54) is 54.1 Å². The normalized spacial score (nSPS) is 15.9. The SMILES string of the molecule is CNC(=O)CCCOc1cc(OC)c(CN(OC2CCCCO2)C(=O)OCC2c3ccccc3-c3ccccc32)c(OC)c1.COc1cc(OCCCC(=O)O)cc(OC)c1C=O.COc1cc(OCCCC(=O)O)cc(OC)c1CN(OC1CCCCO1)C(=O)OCC1c2ccccc2-c2ccccc21.COc1cc(OCCCC(=O)O)cc(OC)c1CNOC1CCCCO1.NOC1CCCCO1. The third-order valence-corrected chi connectivity index (χ3v) is 23.2. The Morgan fingerprint density at radius 2 is 0.686 bits per heavy atom. The molecule has 0 bridgehead atoms. The van der Waals surface area contributed by atoms with Crippen molar-refractivity contribution in [3.63, 3.8) is 0 Å². The molecule has 140 heavy (non-hydrogen) atoms. The smallest absolute Gasteiger partial charge is 0.434 e. The number of nitrogens with one attached hydrogen (secondary N) is 2. The molecule has 4 atom stereocenters. The van der Waals surface area contributed by atoms with Crippen LogP contribution in [-0.2, 0) is 86.6 Å². The van der Waals surface area contributed by atoms with Crippen LogP contribution in [0.25, 0.3) is 22.3 Å². The zero-order chi connectivity index (χ0) is 99.9. The van der Waals surface area contributed by atoms with Gasteiger partial charge in [-0.3, -0.25) is 33.6 Å². The molecular weight excluding hydrogens is 1820 g/mol. The monoisotopic (exact) mass is 1950 g/mol. The van der Waals surface area contributed by atoms with Gasteiger partial charge in [-0.1, -0.05) is 97.1 Å². The molecule has 0 saturated carbocycles. The van der Waals surface area contributed by atoms with Gasteiger partial charge in [-0.05, 0) is 122 Å². The summed E-state index contributed by atoms with van der Waals surface area (Å²) in [5, 5.41) is 31.0. The summed E-state index contributed by atoms with van der Waals surface area (Å²) in [4.78, 5) is 104. The van der Waals surface area contributed by atoms with Gasteiger partial charge in [0, 0.05) is 145 Å². The van der Waals surface area contributed by atoms with Crippen molar-refractivity contribution < 1.29 is 153 Å². The number of ether oxygens (including phenoxy) is 18. The summed E-state index contributed by atoms with van der Waals surface area (Å²) in [6, 6.07) is 46.1. The van der Waals surface area contributed by atoms with Crippen molar-refractivity contribution in [2.24, 2.45) is 5.90 Å². The Bertz CT molecular complexity index is 5040. The molecule has 7 N–H and O–H groups in total. The van der Waals surface area contributed by atoms with E-state index in [9.17, 15) is 33.6 Å². The van der Waals surface area contributed by atoms with Crippen molar-refractivity contribution in [3.05, 3.63) is 190 Å². The Morgan fingerprint density at radius 1 is 0.393 bits per heavy atom. The summed E-state index contributed by atoms with van der Waals surface area (Å²) in [6.07, 6.45) is 11.3. The number of nitrogens with zero attached hydrogens (tertiary/aromatic N) is 2. The Labute approximate surface area is 815 Å². The maximum Gasteiger partial charge on any atom is 0.434 e. The van der Waals surface area contributed by atoms with E-state index < -0.39 is 42.7 Å². The van der Waals surface area contributed by atoms with Gasteiger partial charge in [0.15, 0.2) is 31.4 Å². The molecule has 4 aliphatic heterocycles. The number of carbonyl (C=O) groups is 7. The second-order valence-corrected chi connectivity index (χ2v) is 32.6. The van der Waals surface area contributed by atoms with Crippen LogP contribution in [0.5, 0.6) is 69.0 Å². The standard InChI is InChI=1S/C34H40N2O8.C33H37NO9.C18H27NO7.C13H16O6.C5H11NO2/c1-35-32(37)15-10-18-41-23-19-30(39-2)28(31(20-23)40-3)21-36(44-33-16-8-9-17-42-33)34(38)43-22-29-26-13-6-4-11-24(26)25-12-5-7-14-27(25)29;1-38-29-18-22(40-17-9-14-31(35)36)19-30(39-2)27(29)20-34(43-32-15-7-8-16-41-32)33(37)42-21-28-25-12-5-3-10-23(25)24-11-4-6-13-26(24)28;1-22-15-10-13(24-9-5-6-17(20)21)11-16(23-2)14(15)12-19-26-18-7-3-4-8-25-18;1-17-11-6-9(19-5-3-4-13(15)16)7-12(18-2)10(11)8-14;6-8-5-3-1-2-4-7-5/h4-7,11-14,19-20,29,33H,8-10,15-18,21-22H2,1-3H3,(H,35,37);3-6,10-13,18-19,28,32H,7-9,14-17,20-21H2,1-2H3,(H,35,36);10-11,18-19H,3-9,12H2,1-2H3,(H,20,21);6-8H,3-5H2,1-2H3,(H,15,16);5H,1-4,6H2. The molecule has 8 aromatic carbocycles. The summed E-state index contributed by atoms with van der Waals surface area (Å²) < 4.78 is 100. The number of hydrogen-bond donors (Lipinski definition) is 6. The summed E-state index contributed by atoms with van der Waals surface area (Å²) in [7, 11) is 13.7. The largest absolute Gasteiger partial charge is 0.496 e. The Hall–Kier alpha value is -13.0. The molecule has 8 aromatic rings. The van der Waals surface area contributed by atoms with Crippen molar-refractivity contribution in [3.8, 4) is 91.2 Å². The Morgan fingerprint density at radius 3 is 0.964 bits per heavy atom. The van der Waals surface area contributed by atoms with Gasteiger partial charge in [0.1, 0.15) is 82.2 Å². The van der Waals surface area contributed by atoms with Gasteiger partial charge in [0.2, 0.25) is 5.91 Å². The molecule has 2 aliphatic carbocycles. The molecule has 14 rings (SSSR count). The number of amides is 3. The first-order valence-corrected chi connectivity index (χ1v) is 46.8. The molecule has 6 aliphatic rings. The molecule has 760 valence electrons. The van der Waals surface area contributed by atoms with Crippen molar-refractivity contribution in [2.75, 3.05) is 130 Å². The molecule has 4 saturated heterocycles. The van der Waals surface area contributed by atoms with Crippen LogP contribution < -0.4 is 73.5 Å². The molecule has 0 radical (unpaired) electrons. The fourth-order valence-electron chi connectivity index (χ4n) is 16.1. The Kier molecular flexibility index (Phi) is 45.8. The van der Waals surface area contributed by atoms with Gasteiger partial charge < -0.3 is 106 Å². The number of carboxylic acids is 3. The van der Waals surface area contributed by atoms with Crippen LogP contribution in [0.3, 0.4) is 0 Å². The zero-order valence-corrected chi connectivity index (χ0v) is 80.9. The summed E-state index contributed by atoms with van der Waals surface area (Å²) in [5.74, 6) is 7.66. The maximum absolute atomic E-state index is 13.7. The van der Waals surface area contributed by atoms with Crippen LogP contribution in [0.4, 0.5) is 9.59 Å². The molecule has 37 heteroatoms. The second-order valence-electron chi connectivity index (χ2n) is 32.6. The minimum absolute atomic E-state index is 0.00201. The predicted molar refractivity (Wildman–Crippen MR) is 510 cm³/mol. The second kappa shape index (κ2) is 58.8. The maximum atomic E-state index is 13.7. The highest BCUT2D eigenvalue weighted by Crippen LogP contribution is 2.48. The molecule has 4 unspecified atom stereocenters. The van der Waals surface area contributed by atoms with E-state index in [1.807, 2.05) is 48.5 Å².